The van der Waals surface area contributed by atoms with Crippen LogP contribution in [0.1, 0.15) is 30.1 Å². The second kappa shape index (κ2) is 6.13. The minimum atomic E-state index is -1.02. The average molecular weight is 311 g/mol. The molecule has 2 N–H and O–H groups in total. The Morgan fingerprint density at radius 2 is 2.14 bits per heavy atom. The molecule has 1 atom stereocenters. The molecule has 1 heterocycles. The van der Waals surface area contributed by atoms with Crippen molar-refractivity contribution in [3.8, 4) is 0 Å². The van der Waals surface area contributed by atoms with Gasteiger partial charge in [-0.25, -0.2) is 4.79 Å². The third-order valence-electron chi connectivity index (χ3n) is 3.23. The molecule has 7 heteroatoms. The van der Waals surface area contributed by atoms with Crippen LogP contribution in [0.5, 0.6) is 0 Å². The lowest BCUT2D eigenvalue weighted by atomic mass is 10.2. The molecule has 1 aromatic carbocycles. The van der Waals surface area contributed by atoms with Crippen molar-refractivity contribution >= 4 is 35.1 Å². The molecule has 0 bridgehead atoms. The van der Waals surface area contributed by atoms with Gasteiger partial charge in [0.05, 0.1) is 16.3 Å². The summed E-state index contributed by atoms with van der Waals surface area (Å²) in [6, 6.07) is 4.48. The van der Waals surface area contributed by atoms with Crippen LogP contribution in [0.25, 0.3) is 0 Å². The predicted molar refractivity (Wildman–Crippen MR) is 77.1 cm³/mol. The second-order valence-corrected chi connectivity index (χ2v) is 5.17. The van der Waals surface area contributed by atoms with Gasteiger partial charge in [0.25, 0.3) is 5.91 Å². The first kappa shape index (κ1) is 15.3. The standard InChI is InChI=1S/C14H15ClN2O4/c1-8(13(16)19)21-14(20)9-4-5-10(15)11(7-9)17-6-2-3-12(17)18/h4-5,7-8H,2-3,6H2,1H3,(H2,16,19)/t8-/m1/s1. The van der Waals surface area contributed by atoms with Crippen molar-refractivity contribution in [2.45, 2.75) is 25.9 Å². The first-order chi connectivity index (χ1) is 9.90. The molecule has 1 aliphatic rings. The van der Waals surface area contributed by atoms with Crippen LogP contribution in [0, 0.1) is 0 Å². The van der Waals surface area contributed by atoms with Gasteiger partial charge in [-0.1, -0.05) is 11.6 Å². The average Bonchev–Trinajstić information content (AvgIpc) is 2.85. The Hall–Kier alpha value is -2.08. The highest BCUT2D eigenvalue weighted by Crippen LogP contribution is 2.30. The number of anilines is 1. The maximum atomic E-state index is 11.9. The second-order valence-electron chi connectivity index (χ2n) is 4.77. The lowest BCUT2D eigenvalue weighted by Gasteiger charge is -2.18. The van der Waals surface area contributed by atoms with Crippen LogP contribution < -0.4 is 10.6 Å². The third kappa shape index (κ3) is 3.33. The summed E-state index contributed by atoms with van der Waals surface area (Å²) in [6.45, 7) is 1.95. The van der Waals surface area contributed by atoms with Gasteiger partial charge >= 0.3 is 5.97 Å². The lowest BCUT2D eigenvalue weighted by Crippen LogP contribution is -2.30. The summed E-state index contributed by atoms with van der Waals surface area (Å²) in [5.74, 6) is -1.45. The molecule has 1 saturated heterocycles. The number of rotatable bonds is 4. The van der Waals surface area contributed by atoms with Crippen LogP contribution in [0.15, 0.2) is 18.2 Å². The van der Waals surface area contributed by atoms with Crippen molar-refractivity contribution in [1.29, 1.82) is 0 Å². The number of benzene rings is 1. The fraction of sp³-hybridized carbons (Fsp3) is 0.357. The molecule has 0 saturated carbocycles. The molecule has 1 aromatic rings. The Labute approximate surface area is 126 Å². The highest BCUT2D eigenvalue weighted by atomic mass is 35.5. The summed E-state index contributed by atoms with van der Waals surface area (Å²) in [4.78, 5) is 36.2. The summed E-state index contributed by atoms with van der Waals surface area (Å²) in [5.41, 5.74) is 5.73. The molecule has 0 spiro atoms. The SMILES string of the molecule is C[C@@H](OC(=O)c1ccc(Cl)c(N2CCCC2=O)c1)C(N)=O. The summed E-state index contributed by atoms with van der Waals surface area (Å²) < 4.78 is 4.92. The van der Waals surface area contributed by atoms with Crippen LogP contribution in [0.2, 0.25) is 5.02 Å². The molecule has 2 rings (SSSR count). The number of carbonyl (C=O) groups excluding carboxylic acids is 3. The van der Waals surface area contributed by atoms with Gasteiger partial charge < -0.3 is 15.4 Å². The normalized spacial score (nSPS) is 15.9. The van der Waals surface area contributed by atoms with Crippen LogP contribution in [0.3, 0.4) is 0 Å². The molecule has 0 radical (unpaired) electrons. The Kier molecular flexibility index (Phi) is 4.47. The van der Waals surface area contributed by atoms with E-state index in [9.17, 15) is 14.4 Å². The molecule has 112 valence electrons. The largest absolute Gasteiger partial charge is 0.449 e. The van der Waals surface area contributed by atoms with E-state index >= 15 is 0 Å². The molecule has 21 heavy (non-hydrogen) atoms. The summed E-state index contributed by atoms with van der Waals surface area (Å²) >= 11 is 6.08. The van der Waals surface area contributed by atoms with E-state index in [1.54, 1.807) is 0 Å². The minimum Gasteiger partial charge on any atom is -0.449 e. The number of primary amides is 1. The van der Waals surface area contributed by atoms with Gasteiger partial charge in [0, 0.05) is 13.0 Å². The Bertz CT molecular complexity index is 603. The van der Waals surface area contributed by atoms with Crippen LogP contribution in [0.4, 0.5) is 5.69 Å². The zero-order valence-electron chi connectivity index (χ0n) is 11.5. The monoisotopic (exact) mass is 310 g/mol. The van der Waals surface area contributed by atoms with E-state index in [0.717, 1.165) is 6.42 Å². The number of halogens is 1. The minimum absolute atomic E-state index is 0.0343. The topological polar surface area (TPSA) is 89.7 Å². The highest BCUT2D eigenvalue weighted by molar-refractivity contribution is 6.34. The summed E-state index contributed by atoms with van der Waals surface area (Å²) in [5, 5.41) is 0.379. The van der Waals surface area contributed by atoms with Gasteiger partial charge in [-0.3, -0.25) is 9.59 Å². The fourth-order valence-electron chi connectivity index (χ4n) is 2.04. The molecule has 1 aliphatic heterocycles. The van der Waals surface area contributed by atoms with Gasteiger partial charge in [-0.15, -0.1) is 0 Å². The number of amides is 2. The maximum absolute atomic E-state index is 11.9. The quantitative estimate of drug-likeness (QED) is 0.853. The molecule has 0 unspecified atom stereocenters. The zero-order valence-corrected chi connectivity index (χ0v) is 12.2. The first-order valence-corrected chi connectivity index (χ1v) is 6.88. The molecule has 6 nitrogen and oxygen atoms in total. The Morgan fingerprint density at radius 3 is 2.71 bits per heavy atom. The van der Waals surface area contributed by atoms with E-state index in [1.165, 1.54) is 30.0 Å². The smallest absolute Gasteiger partial charge is 0.338 e. The van der Waals surface area contributed by atoms with E-state index in [0.29, 0.717) is 23.7 Å². The summed E-state index contributed by atoms with van der Waals surface area (Å²) in [6.07, 6.45) is 0.191. The van der Waals surface area contributed by atoms with Crippen LogP contribution >= 0.6 is 11.6 Å². The molecule has 1 fully saturated rings. The fourth-order valence-corrected chi connectivity index (χ4v) is 2.26. The summed E-state index contributed by atoms with van der Waals surface area (Å²) in [7, 11) is 0. The van der Waals surface area contributed by atoms with Crippen molar-refractivity contribution in [3.63, 3.8) is 0 Å². The maximum Gasteiger partial charge on any atom is 0.338 e. The van der Waals surface area contributed by atoms with E-state index in [-0.39, 0.29) is 11.5 Å². The number of ether oxygens (including phenoxy) is 1. The first-order valence-electron chi connectivity index (χ1n) is 6.50. The Morgan fingerprint density at radius 1 is 1.43 bits per heavy atom. The molecular formula is C14H15ClN2O4. The number of nitrogens with zero attached hydrogens (tertiary/aromatic N) is 1. The number of nitrogens with two attached hydrogens (primary N) is 1. The predicted octanol–water partition coefficient (Wildman–Crippen LogP) is 1.50. The molecule has 2 amide bonds. The molecule has 0 aromatic heterocycles. The highest BCUT2D eigenvalue weighted by Gasteiger charge is 2.25. The molecular weight excluding hydrogens is 296 g/mol. The number of carbonyl (C=O) groups is 3. The van der Waals surface area contributed by atoms with E-state index in [1.807, 2.05) is 0 Å². The van der Waals surface area contributed by atoms with Crippen LogP contribution in [-0.2, 0) is 14.3 Å². The molecule has 0 aliphatic carbocycles. The van der Waals surface area contributed by atoms with Crippen molar-refractivity contribution in [3.05, 3.63) is 28.8 Å². The number of hydrogen-bond donors (Lipinski definition) is 1. The van der Waals surface area contributed by atoms with Crippen molar-refractivity contribution in [2.24, 2.45) is 5.73 Å². The van der Waals surface area contributed by atoms with Gasteiger partial charge in [-0.2, -0.15) is 0 Å². The van der Waals surface area contributed by atoms with Crippen molar-refractivity contribution in [1.82, 2.24) is 0 Å². The van der Waals surface area contributed by atoms with E-state index < -0.39 is 18.0 Å². The van der Waals surface area contributed by atoms with Gasteiger partial charge in [0.2, 0.25) is 5.91 Å². The van der Waals surface area contributed by atoms with E-state index in [2.05, 4.69) is 0 Å². The van der Waals surface area contributed by atoms with Crippen molar-refractivity contribution < 1.29 is 19.1 Å². The zero-order chi connectivity index (χ0) is 15.6. The Balaban J connectivity index is 2.24. The van der Waals surface area contributed by atoms with Gasteiger partial charge in [-0.05, 0) is 31.5 Å². The number of hydrogen-bond acceptors (Lipinski definition) is 4. The van der Waals surface area contributed by atoms with Crippen LogP contribution in [-0.4, -0.2) is 30.4 Å². The lowest BCUT2D eigenvalue weighted by molar-refractivity contribution is -0.125. The third-order valence-corrected chi connectivity index (χ3v) is 3.55. The van der Waals surface area contributed by atoms with Crippen molar-refractivity contribution in [2.75, 3.05) is 11.4 Å². The number of esters is 1. The van der Waals surface area contributed by atoms with E-state index in [4.69, 9.17) is 22.1 Å². The van der Waals surface area contributed by atoms with Gasteiger partial charge in [0.15, 0.2) is 6.10 Å². The van der Waals surface area contributed by atoms with Gasteiger partial charge in [0.1, 0.15) is 0 Å².